The van der Waals surface area contributed by atoms with Gasteiger partial charge in [0.05, 0.1) is 11.3 Å². The fraction of sp³-hybridized carbons (Fsp3) is 0.0588. The van der Waals surface area contributed by atoms with E-state index in [0.29, 0.717) is 11.3 Å². The van der Waals surface area contributed by atoms with Crippen LogP contribution < -0.4 is 15.8 Å². The quantitative estimate of drug-likeness (QED) is 0.798. The molecule has 0 heterocycles. The van der Waals surface area contributed by atoms with Crippen molar-refractivity contribution in [3.05, 3.63) is 65.7 Å². The summed E-state index contributed by atoms with van der Waals surface area (Å²) >= 11 is 0. The molecular weight excluding hydrogens is 318 g/mol. The van der Waals surface area contributed by atoms with Crippen LogP contribution >= 0.6 is 0 Å². The number of rotatable bonds is 6. The van der Waals surface area contributed by atoms with Crippen molar-refractivity contribution in [3.8, 4) is 5.75 Å². The molecule has 0 radical (unpaired) electrons. The topological polar surface area (TPSA) is 81.4 Å². The molecule has 5 nitrogen and oxygen atoms in total. The molecule has 0 saturated carbocycles. The number of benzene rings is 2. The number of amides is 2. The highest BCUT2D eigenvalue weighted by Gasteiger charge is 2.08. The van der Waals surface area contributed by atoms with Crippen LogP contribution in [-0.2, 0) is 4.79 Å². The fourth-order valence-electron chi connectivity index (χ4n) is 1.91. The zero-order valence-corrected chi connectivity index (χ0v) is 12.4. The number of hydrogen-bond acceptors (Lipinski definition) is 3. The maximum Gasteiger partial charge on any atom is 0.387 e. The van der Waals surface area contributed by atoms with Gasteiger partial charge in [0.2, 0.25) is 5.91 Å². The van der Waals surface area contributed by atoms with Gasteiger partial charge in [0.1, 0.15) is 5.75 Å². The van der Waals surface area contributed by atoms with E-state index in [9.17, 15) is 18.4 Å². The Morgan fingerprint density at radius 2 is 1.75 bits per heavy atom. The number of nitrogens with one attached hydrogen (secondary N) is 1. The summed E-state index contributed by atoms with van der Waals surface area (Å²) in [5.41, 5.74) is 6.36. The minimum Gasteiger partial charge on any atom is -0.435 e. The first-order chi connectivity index (χ1) is 11.5. The number of carbonyl (C=O) groups is 2. The van der Waals surface area contributed by atoms with Crippen LogP contribution in [0.4, 0.5) is 14.5 Å². The Balaban J connectivity index is 2.02. The van der Waals surface area contributed by atoms with Crippen LogP contribution in [0.25, 0.3) is 6.08 Å². The summed E-state index contributed by atoms with van der Waals surface area (Å²) in [4.78, 5) is 23.2. The zero-order valence-electron chi connectivity index (χ0n) is 12.4. The number of para-hydroxylation sites is 1. The summed E-state index contributed by atoms with van der Waals surface area (Å²) in [6, 6.07) is 12.1. The van der Waals surface area contributed by atoms with Crippen molar-refractivity contribution < 1.29 is 23.1 Å². The number of ether oxygens (including phenoxy) is 1. The van der Waals surface area contributed by atoms with Gasteiger partial charge < -0.3 is 15.8 Å². The molecular formula is C17H14F2N2O3. The van der Waals surface area contributed by atoms with Crippen LogP contribution in [0, 0.1) is 0 Å². The third kappa shape index (κ3) is 4.91. The number of anilines is 1. The Hall–Kier alpha value is -3.22. The van der Waals surface area contributed by atoms with Crippen molar-refractivity contribution >= 4 is 23.6 Å². The second-order valence-electron chi connectivity index (χ2n) is 4.68. The van der Waals surface area contributed by atoms with Crippen LogP contribution in [0.5, 0.6) is 5.75 Å². The molecule has 0 saturated heterocycles. The van der Waals surface area contributed by atoms with Crippen LogP contribution in [0.1, 0.15) is 15.9 Å². The predicted octanol–water partition coefficient (Wildman–Crippen LogP) is 3.04. The molecule has 2 aromatic rings. The summed E-state index contributed by atoms with van der Waals surface area (Å²) in [6.45, 7) is -2.89. The fourth-order valence-corrected chi connectivity index (χ4v) is 1.91. The molecule has 0 aliphatic carbocycles. The van der Waals surface area contributed by atoms with E-state index in [0.717, 1.165) is 0 Å². The lowest BCUT2D eigenvalue weighted by atomic mass is 10.1. The minimum absolute atomic E-state index is 0.0296. The molecule has 0 aliphatic heterocycles. The Bertz CT molecular complexity index is 759. The van der Waals surface area contributed by atoms with Crippen LogP contribution in [0.3, 0.4) is 0 Å². The molecule has 2 rings (SSSR count). The molecule has 0 fully saturated rings. The highest BCUT2D eigenvalue weighted by Crippen LogP contribution is 2.16. The molecule has 0 aromatic heterocycles. The molecule has 3 N–H and O–H groups in total. The van der Waals surface area contributed by atoms with E-state index in [1.807, 2.05) is 0 Å². The highest BCUT2D eigenvalue weighted by atomic mass is 19.3. The largest absolute Gasteiger partial charge is 0.435 e. The first kappa shape index (κ1) is 17.1. The number of carbonyl (C=O) groups excluding carboxylic acids is 2. The molecule has 0 aliphatic rings. The summed E-state index contributed by atoms with van der Waals surface area (Å²) in [5.74, 6) is -1.08. The SMILES string of the molecule is NC(=O)c1ccccc1NC(=O)/C=C/c1ccc(OC(F)F)cc1. The Morgan fingerprint density at radius 1 is 1.08 bits per heavy atom. The van der Waals surface area contributed by atoms with Crippen molar-refractivity contribution in [2.45, 2.75) is 6.61 Å². The predicted molar refractivity (Wildman–Crippen MR) is 85.7 cm³/mol. The van der Waals surface area contributed by atoms with E-state index < -0.39 is 18.4 Å². The van der Waals surface area contributed by atoms with Gasteiger partial charge in [-0.15, -0.1) is 0 Å². The van der Waals surface area contributed by atoms with E-state index in [4.69, 9.17) is 5.73 Å². The summed E-state index contributed by atoms with van der Waals surface area (Å²) in [7, 11) is 0. The van der Waals surface area contributed by atoms with Crippen molar-refractivity contribution in [1.82, 2.24) is 0 Å². The van der Waals surface area contributed by atoms with Gasteiger partial charge in [-0.05, 0) is 35.9 Å². The maximum absolute atomic E-state index is 12.0. The van der Waals surface area contributed by atoms with Crippen LogP contribution in [-0.4, -0.2) is 18.4 Å². The van der Waals surface area contributed by atoms with Crippen LogP contribution in [0.15, 0.2) is 54.6 Å². The maximum atomic E-state index is 12.0. The average molecular weight is 332 g/mol. The minimum atomic E-state index is -2.89. The third-order valence-corrected chi connectivity index (χ3v) is 2.98. The van der Waals surface area contributed by atoms with E-state index >= 15 is 0 Å². The first-order valence-corrected chi connectivity index (χ1v) is 6.88. The Kier molecular flexibility index (Phi) is 5.62. The standard InChI is InChI=1S/C17H14F2N2O3/c18-17(19)24-12-8-5-11(6-9-12)7-10-15(22)21-14-4-2-1-3-13(14)16(20)23/h1-10,17H,(H2,20,23)(H,21,22)/b10-7+. The smallest absolute Gasteiger partial charge is 0.387 e. The second kappa shape index (κ2) is 7.87. The van der Waals surface area contributed by atoms with Gasteiger partial charge in [0.25, 0.3) is 5.91 Å². The summed E-state index contributed by atoms with van der Waals surface area (Å²) in [6.07, 6.45) is 2.75. The monoisotopic (exact) mass is 332 g/mol. The number of alkyl halides is 2. The number of primary amides is 1. The molecule has 2 amide bonds. The van der Waals surface area contributed by atoms with E-state index in [1.165, 1.54) is 42.5 Å². The van der Waals surface area contributed by atoms with Gasteiger partial charge in [0.15, 0.2) is 0 Å². The molecule has 0 unspecified atom stereocenters. The molecule has 24 heavy (non-hydrogen) atoms. The van der Waals surface area contributed by atoms with Crippen molar-refractivity contribution in [3.63, 3.8) is 0 Å². The molecule has 2 aromatic carbocycles. The van der Waals surface area contributed by atoms with Crippen LogP contribution in [0.2, 0.25) is 0 Å². The second-order valence-corrected chi connectivity index (χ2v) is 4.68. The number of hydrogen-bond donors (Lipinski definition) is 2. The van der Waals surface area contributed by atoms with Gasteiger partial charge in [-0.1, -0.05) is 24.3 Å². The molecule has 0 spiro atoms. The van der Waals surface area contributed by atoms with Crippen molar-refractivity contribution in [2.75, 3.05) is 5.32 Å². The highest BCUT2D eigenvalue weighted by molar-refractivity contribution is 6.07. The van der Waals surface area contributed by atoms with Gasteiger partial charge in [-0.25, -0.2) is 0 Å². The summed E-state index contributed by atoms with van der Waals surface area (Å²) in [5, 5.41) is 2.55. The normalized spacial score (nSPS) is 10.8. The Morgan fingerprint density at radius 3 is 2.38 bits per heavy atom. The molecule has 124 valence electrons. The van der Waals surface area contributed by atoms with E-state index in [-0.39, 0.29) is 11.3 Å². The lowest BCUT2D eigenvalue weighted by Gasteiger charge is -2.06. The van der Waals surface area contributed by atoms with Gasteiger partial charge in [0, 0.05) is 6.08 Å². The molecule has 7 heteroatoms. The van der Waals surface area contributed by atoms with Gasteiger partial charge >= 0.3 is 6.61 Å². The number of nitrogens with two attached hydrogens (primary N) is 1. The van der Waals surface area contributed by atoms with E-state index in [2.05, 4.69) is 10.1 Å². The lowest BCUT2D eigenvalue weighted by Crippen LogP contribution is -2.16. The zero-order chi connectivity index (χ0) is 17.5. The molecule has 0 atom stereocenters. The Labute approximate surface area is 136 Å². The van der Waals surface area contributed by atoms with Gasteiger partial charge in [-0.2, -0.15) is 8.78 Å². The number of halogens is 2. The first-order valence-electron chi connectivity index (χ1n) is 6.88. The molecule has 0 bridgehead atoms. The average Bonchev–Trinajstić information content (AvgIpc) is 2.54. The van der Waals surface area contributed by atoms with Crippen molar-refractivity contribution in [1.29, 1.82) is 0 Å². The van der Waals surface area contributed by atoms with Gasteiger partial charge in [-0.3, -0.25) is 9.59 Å². The lowest BCUT2D eigenvalue weighted by molar-refractivity contribution is -0.111. The third-order valence-electron chi connectivity index (χ3n) is 2.98. The summed E-state index contributed by atoms with van der Waals surface area (Å²) < 4.78 is 28.3. The van der Waals surface area contributed by atoms with E-state index in [1.54, 1.807) is 18.2 Å². The van der Waals surface area contributed by atoms with Crippen molar-refractivity contribution in [2.24, 2.45) is 5.73 Å².